The number of nitrogens with zero attached hydrogens (tertiary/aromatic N) is 2. The van der Waals surface area contributed by atoms with E-state index in [1.165, 1.54) is 0 Å². The zero-order valence-corrected chi connectivity index (χ0v) is 17.0. The third-order valence-electron chi connectivity index (χ3n) is 4.34. The van der Waals surface area contributed by atoms with Gasteiger partial charge in [-0.2, -0.15) is 5.26 Å². The molecule has 7 nitrogen and oxygen atoms in total. The maximum atomic E-state index is 12.2. The van der Waals surface area contributed by atoms with Gasteiger partial charge in [-0.05, 0) is 55.0 Å². The van der Waals surface area contributed by atoms with Gasteiger partial charge in [-0.1, -0.05) is 41.6 Å². The molecule has 0 aliphatic rings. The van der Waals surface area contributed by atoms with Crippen molar-refractivity contribution >= 4 is 17.4 Å². The van der Waals surface area contributed by atoms with Crippen molar-refractivity contribution in [2.45, 2.75) is 19.6 Å². The highest BCUT2D eigenvalue weighted by molar-refractivity contribution is 5.97. The number of nitrogens with two attached hydrogens (primary N) is 1. The van der Waals surface area contributed by atoms with Gasteiger partial charge in [-0.3, -0.25) is 4.79 Å². The van der Waals surface area contributed by atoms with Crippen molar-refractivity contribution in [2.75, 3.05) is 5.32 Å². The van der Waals surface area contributed by atoms with Crippen LogP contribution in [0, 0.1) is 11.3 Å². The number of amides is 1. The molecule has 1 atom stereocenters. The fourth-order valence-corrected chi connectivity index (χ4v) is 2.61. The van der Waals surface area contributed by atoms with E-state index in [0.717, 1.165) is 5.56 Å². The number of carbonyl (C=O) groups excluding carboxylic acids is 1. The molecule has 31 heavy (non-hydrogen) atoms. The minimum Gasteiger partial charge on any atom is -0.489 e. The van der Waals surface area contributed by atoms with E-state index in [-0.39, 0.29) is 5.84 Å². The van der Waals surface area contributed by atoms with E-state index >= 15 is 0 Å². The summed E-state index contributed by atoms with van der Waals surface area (Å²) in [6.07, 6.45) is -0.877. The first-order valence-corrected chi connectivity index (χ1v) is 9.62. The van der Waals surface area contributed by atoms with Crippen molar-refractivity contribution in [3.63, 3.8) is 0 Å². The number of oxime groups is 1. The van der Waals surface area contributed by atoms with Gasteiger partial charge in [-0.15, -0.1) is 0 Å². The lowest BCUT2D eigenvalue weighted by molar-refractivity contribution is -0.126. The van der Waals surface area contributed by atoms with Gasteiger partial charge in [0.05, 0.1) is 11.6 Å². The summed E-state index contributed by atoms with van der Waals surface area (Å²) in [5.74, 6) is 0.436. The molecule has 0 radical (unpaired) electrons. The summed E-state index contributed by atoms with van der Waals surface area (Å²) in [5, 5.41) is 15.5. The average molecular weight is 414 g/mol. The number of amidine groups is 1. The van der Waals surface area contributed by atoms with E-state index < -0.39 is 12.0 Å². The molecule has 0 aliphatic heterocycles. The molecule has 0 aromatic heterocycles. The van der Waals surface area contributed by atoms with Crippen LogP contribution in [0.3, 0.4) is 0 Å². The second kappa shape index (κ2) is 10.5. The predicted octanol–water partition coefficient (Wildman–Crippen LogP) is 3.80. The Labute approximate surface area is 180 Å². The van der Waals surface area contributed by atoms with Crippen LogP contribution in [-0.2, 0) is 16.2 Å². The van der Waals surface area contributed by atoms with E-state index in [2.05, 4.69) is 10.5 Å². The molecule has 3 rings (SSSR count). The van der Waals surface area contributed by atoms with Gasteiger partial charge >= 0.3 is 0 Å². The fraction of sp³-hybridized carbons (Fsp3) is 0.125. The third kappa shape index (κ3) is 6.34. The maximum absolute atomic E-state index is 12.2. The second-order valence-corrected chi connectivity index (χ2v) is 6.70. The minimum absolute atomic E-state index is 0.140. The van der Waals surface area contributed by atoms with Crippen LogP contribution < -0.4 is 15.8 Å². The van der Waals surface area contributed by atoms with E-state index in [1.807, 2.05) is 36.4 Å². The number of benzene rings is 3. The fourth-order valence-electron chi connectivity index (χ4n) is 2.61. The summed E-state index contributed by atoms with van der Waals surface area (Å²) in [5.41, 5.74) is 8.63. The molecule has 0 saturated carbocycles. The van der Waals surface area contributed by atoms with Crippen molar-refractivity contribution in [1.82, 2.24) is 0 Å². The van der Waals surface area contributed by atoms with Gasteiger partial charge in [0, 0.05) is 11.3 Å². The first kappa shape index (κ1) is 21.4. The molecule has 156 valence electrons. The topological polar surface area (TPSA) is 110 Å². The van der Waals surface area contributed by atoms with Gasteiger partial charge in [0.1, 0.15) is 12.4 Å². The molecule has 0 aliphatic carbocycles. The molecule has 0 bridgehead atoms. The van der Waals surface area contributed by atoms with Crippen LogP contribution in [0.15, 0.2) is 84.0 Å². The summed E-state index contributed by atoms with van der Waals surface area (Å²) in [7, 11) is 0. The molecule has 1 amide bonds. The first-order chi connectivity index (χ1) is 15.0. The number of nitrogens with one attached hydrogen (secondary N) is 1. The Morgan fingerprint density at radius 3 is 2.55 bits per heavy atom. The standard InChI is InChI=1S/C24H22N4O3/c1-17(24(29)27-21-9-5-8-19(14-21)15-25)31-28-23(26)20-10-12-22(13-11-20)30-16-18-6-3-2-4-7-18/h2-14,17H,16H2,1H3,(H2,26,28)(H,27,29). The van der Waals surface area contributed by atoms with Crippen molar-refractivity contribution in [2.24, 2.45) is 10.9 Å². The Kier molecular flexibility index (Phi) is 7.22. The van der Waals surface area contributed by atoms with Crippen LogP contribution in [0.25, 0.3) is 0 Å². The molecular weight excluding hydrogens is 392 g/mol. The number of nitriles is 1. The molecule has 3 N–H and O–H groups in total. The Bertz CT molecular complexity index is 1090. The summed E-state index contributed by atoms with van der Waals surface area (Å²) in [6.45, 7) is 2.03. The molecule has 0 fully saturated rings. The summed E-state index contributed by atoms with van der Waals surface area (Å²) >= 11 is 0. The average Bonchev–Trinajstić information content (AvgIpc) is 2.82. The number of anilines is 1. The number of hydrogen-bond acceptors (Lipinski definition) is 5. The highest BCUT2D eigenvalue weighted by Crippen LogP contribution is 2.15. The van der Waals surface area contributed by atoms with Gasteiger partial charge in [0.15, 0.2) is 5.84 Å². The molecule has 3 aromatic carbocycles. The Morgan fingerprint density at radius 2 is 1.84 bits per heavy atom. The van der Waals surface area contributed by atoms with Crippen LogP contribution >= 0.6 is 0 Å². The third-order valence-corrected chi connectivity index (χ3v) is 4.34. The minimum atomic E-state index is -0.877. The van der Waals surface area contributed by atoms with Gasteiger partial charge < -0.3 is 20.6 Å². The van der Waals surface area contributed by atoms with Crippen molar-refractivity contribution in [1.29, 1.82) is 5.26 Å². The highest BCUT2D eigenvalue weighted by Gasteiger charge is 2.15. The number of carbonyl (C=O) groups is 1. The number of hydrogen-bond donors (Lipinski definition) is 2. The van der Waals surface area contributed by atoms with Crippen molar-refractivity contribution in [3.05, 3.63) is 95.6 Å². The van der Waals surface area contributed by atoms with Crippen LogP contribution in [0.4, 0.5) is 5.69 Å². The van der Waals surface area contributed by atoms with Crippen LogP contribution in [0.1, 0.15) is 23.6 Å². The zero-order chi connectivity index (χ0) is 22.1. The lowest BCUT2D eigenvalue weighted by Gasteiger charge is -2.11. The van der Waals surface area contributed by atoms with Gasteiger partial charge in [0.2, 0.25) is 6.10 Å². The summed E-state index contributed by atoms with van der Waals surface area (Å²) in [6, 6.07) is 25.6. The Morgan fingerprint density at radius 1 is 1.10 bits per heavy atom. The predicted molar refractivity (Wildman–Crippen MR) is 118 cm³/mol. The van der Waals surface area contributed by atoms with Crippen LogP contribution in [0.5, 0.6) is 5.75 Å². The van der Waals surface area contributed by atoms with E-state index in [4.69, 9.17) is 20.6 Å². The Balaban J connectivity index is 1.53. The maximum Gasteiger partial charge on any atom is 0.267 e. The molecule has 0 spiro atoms. The van der Waals surface area contributed by atoms with Crippen molar-refractivity contribution in [3.8, 4) is 11.8 Å². The molecule has 0 saturated heterocycles. The van der Waals surface area contributed by atoms with Crippen LogP contribution in [0.2, 0.25) is 0 Å². The highest BCUT2D eigenvalue weighted by atomic mass is 16.6. The second-order valence-electron chi connectivity index (χ2n) is 6.70. The van der Waals surface area contributed by atoms with E-state index in [0.29, 0.717) is 29.2 Å². The molecule has 0 heterocycles. The first-order valence-electron chi connectivity index (χ1n) is 9.62. The van der Waals surface area contributed by atoms with Crippen molar-refractivity contribution < 1.29 is 14.4 Å². The van der Waals surface area contributed by atoms with Gasteiger partial charge in [-0.25, -0.2) is 0 Å². The zero-order valence-electron chi connectivity index (χ0n) is 17.0. The normalized spacial score (nSPS) is 11.8. The monoisotopic (exact) mass is 414 g/mol. The molecule has 1 unspecified atom stereocenters. The SMILES string of the molecule is CC(ON=C(N)c1ccc(OCc2ccccc2)cc1)C(=O)Nc1cccc(C#N)c1. The summed E-state index contributed by atoms with van der Waals surface area (Å²) in [4.78, 5) is 17.5. The lowest BCUT2D eigenvalue weighted by atomic mass is 10.2. The number of ether oxygens (including phenoxy) is 1. The Hall–Kier alpha value is -4.31. The quantitative estimate of drug-likeness (QED) is 0.331. The largest absolute Gasteiger partial charge is 0.489 e. The molecule has 3 aromatic rings. The molecule has 7 heteroatoms. The molecular formula is C24H22N4O3. The van der Waals surface area contributed by atoms with E-state index in [9.17, 15) is 4.79 Å². The van der Waals surface area contributed by atoms with E-state index in [1.54, 1.807) is 55.5 Å². The smallest absolute Gasteiger partial charge is 0.267 e. The number of rotatable bonds is 8. The van der Waals surface area contributed by atoms with Gasteiger partial charge in [0.25, 0.3) is 5.91 Å². The van der Waals surface area contributed by atoms with Crippen LogP contribution in [-0.4, -0.2) is 17.8 Å². The lowest BCUT2D eigenvalue weighted by Crippen LogP contribution is -2.27. The summed E-state index contributed by atoms with van der Waals surface area (Å²) < 4.78 is 5.74.